The number of anilines is 1. The van der Waals surface area contributed by atoms with Gasteiger partial charge in [0.05, 0.1) is 16.0 Å². The van der Waals surface area contributed by atoms with Gasteiger partial charge in [-0.2, -0.15) is 0 Å². The van der Waals surface area contributed by atoms with E-state index in [1.54, 1.807) is 35.7 Å². The first kappa shape index (κ1) is 20.9. The summed E-state index contributed by atoms with van der Waals surface area (Å²) in [4.78, 5) is 51.0. The zero-order chi connectivity index (χ0) is 22.7. The van der Waals surface area contributed by atoms with Crippen molar-refractivity contribution in [2.75, 3.05) is 11.9 Å². The summed E-state index contributed by atoms with van der Waals surface area (Å²) >= 11 is 1.11. The minimum atomic E-state index is -0.959. The van der Waals surface area contributed by atoms with Gasteiger partial charge in [0.25, 0.3) is 11.6 Å². The van der Waals surface area contributed by atoms with E-state index in [-0.39, 0.29) is 22.2 Å². The number of nitro benzene ring substituents is 1. The average molecular weight is 451 g/mol. The van der Waals surface area contributed by atoms with Crippen LogP contribution in [0.4, 0.5) is 10.8 Å². The normalized spacial score (nSPS) is 10.6. The minimum absolute atomic E-state index is 0.0756. The average Bonchev–Trinajstić information content (AvgIpc) is 3.26. The number of carbonyl (C=O) groups excluding carboxylic acids is 2. The highest BCUT2D eigenvalue weighted by molar-refractivity contribution is 7.14. The van der Waals surface area contributed by atoms with Crippen LogP contribution in [0, 0.1) is 10.1 Å². The number of non-ortho nitro benzene ring substituents is 1. The highest BCUT2D eigenvalue weighted by atomic mass is 32.1. The van der Waals surface area contributed by atoms with Crippen molar-refractivity contribution in [1.29, 1.82) is 0 Å². The van der Waals surface area contributed by atoms with Crippen molar-refractivity contribution in [3.8, 4) is 11.3 Å². The maximum Gasteiger partial charge on any atom is 0.374 e. The number of aromatic nitrogens is 1. The zero-order valence-corrected chi connectivity index (χ0v) is 17.0. The zero-order valence-electron chi connectivity index (χ0n) is 16.1. The Bertz CT molecular complexity index is 1410. The number of amides is 1. The molecule has 0 saturated heterocycles. The number of nitrogens with zero attached hydrogens (tertiary/aromatic N) is 2. The summed E-state index contributed by atoms with van der Waals surface area (Å²) in [6.07, 6.45) is 0. The molecule has 11 heteroatoms. The van der Waals surface area contributed by atoms with Gasteiger partial charge in [-0.05, 0) is 12.1 Å². The lowest BCUT2D eigenvalue weighted by molar-refractivity contribution is -0.384. The van der Waals surface area contributed by atoms with E-state index in [1.807, 2.05) is 0 Å². The van der Waals surface area contributed by atoms with Gasteiger partial charge in [-0.1, -0.05) is 24.3 Å². The van der Waals surface area contributed by atoms with E-state index in [9.17, 15) is 24.5 Å². The molecule has 4 aromatic rings. The molecule has 0 bridgehead atoms. The largest absolute Gasteiger partial charge is 0.450 e. The molecule has 2 heterocycles. The lowest BCUT2D eigenvalue weighted by Crippen LogP contribution is -2.21. The lowest BCUT2D eigenvalue weighted by Gasteiger charge is -2.05. The molecular formula is C21H13N3O7S. The van der Waals surface area contributed by atoms with Crippen molar-refractivity contribution >= 4 is 45.0 Å². The van der Waals surface area contributed by atoms with Gasteiger partial charge in [0.2, 0.25) is 5.76 Å². The predicted molar refractivity (Wildman–Crippen MR) is 116 cm³/mol. The van der Waals surface area contributed by atoms with E-state index in [0.29, 0.717) is 16.6 Å². The van der Waals surface area contributed by atoms with E-state index in [0.717, 1.165) is 17.4 Å². The third-order valence-corrected chi connectivity index (χ3v) is 5.03. The first-order valence-electron chi connectivity index (χ1n) is 9.11. The standard InChI is InChI=1S/C21H13N3O7S/c25-16-9-18(31-17-7-2-1-6-14(16)17)20(27)30-10-19(26)23-21-22-15(11-32-21)12-4-3-5-13(8-12)24(28)29/h1-9,11H,10H2,(H,22,23,26). The fourth-order valence-corrected chi connectivity index (χ4v) is 3.54. The number of hydrogen-bond acceptors (Lipinski definition) is 9. The molecule has 0 aliphatic heterocycles. The number of thiazole rings is 1. The van der Waals surface area contributed by atoms with Gasteiger partial charge in [-0.3, -0.25) is 25.0 Å². The number of benzene rings is 2. The SMILES string of the molecule is O=C(COC(=O)c1cc(=O)c2ccccc2o1)Nc1nc(-c2cccc([N+](=O)[O-])c2)cs1. The van der Waals surface area contributed by atoms with Crippen molar-refractivity contribution in [1.82, 2.24) is 4.98 Å². The number of nitro groups is 1. The third-order valence-electron chi connectivity index (χ3n) is 4.27. The van der Waals surface area contributed by atoms with E-state index in [1.165, 1.54) is 18.2 Å². The minimum Gasteiger partial charge on any atom is -0.450 e. The van der Waals surface area contributed by atoms with Crippen LogP contribution in [-0.2, 0) is 9.53 Å². The smallest absolute Gasteiger partial charge is 0.374 e. The number of rotatable bonds is 6. The van der Waals surface area contributed by atoms with Crippen molar-refractivity contribution in [3.05, 3.63) is 86.1 Å². The van der Waals surface area contributed by atoms with Crippen LogP contribution in [0.1, 0.15) is 10.6 Å². The first-order chi connectivity index (χ1) is 15.4. The van der Waals surface area contributed by atoms with E-state index in [2.05, 4.69) is 10.3 Å². The van der Waals surface area contributed by atoms with Crippen molar-refractivity contribution < 1.29 is 23.7 Å². The Morgan fingerprint density at radius 1 is 1.16 bits per heavy atom. The number of fused-ring (bicyclic) bond motifs is 1. The Hall–Kier alpha value is -4.38. The highest BCUT2D eigenvalue weighted by Crippen LogP contribution is 2.27. The van der Waals surface area contributed by atoms with Gasteiger partial charge >= 0.3 is 5.97 Å². The second-order valence-corrected chi connectivity index (χ2v) is 7.30. The number of esters is 1. The Labute approximate surface area is 183 Å². The van der Waals surface area contributed by atoms with Crippen LogP contribution in [0.25, 0.3) is 22.2 Å². The van der Waals surface area contributed by atoms with Gasteiger partial charge in [-0.15, -0.1) is 11.3 Å². The van der Waals surface area contributed by atoms with Gasteiger partial charge in [0.1, 0.15) is 5.58 Å². The van der Waals surface area contributed by atoms with Crippen LogP contribution in [0.3, 0.4) is 0 Å². The molecule has 2 aromatic carbocycles. The molecule has 0 spiro atoms. The first-order valence-corrected chi connectivity index (χ1v) is 9.99. The number of ether oxygens (including phenoxy) is 1. The summed E-state index contributed by atoms with van der Waals surface area (Å²) in [5, 5.41) is 15.6. The van der Waals surface area contributed by atoms with Crippen molar-refractivity contribution in [2.45, 2.75) is 0 Å². The van der Waals surface area contributed by atoms with Gasteiger partial charge in [0.15, 0.2) is 17.2 Å². The Kier molecular flexibility index (Phi) is 5.73. The number of carbonyl (C=O) groups is 2. The molecule has 0 unspecified atom stereocenters. The molecule has 2 aromatic heterocycles. The second kappa shape index (κ2) is 8.78. The fraction of sp³-hybridized carbons (Fsp3) is 0.0476. The summed E-state index contributed by atoms with van der Waals surface area (Å²) in [7, 11) is 0. The van der Waals surface area contributed by atoms with Crippen molar-refractivity contribution in [3.63, 3.8) is 0 Å². The highest BCUT2D eigenvalue weighted by Gasteiger charge is 2.16. The van der Waals surface area contributed by atoms with E-state index < -0.39 is 28.8 Å². The summed E-state index contributed by atoms with van der Waals surface area (Å²) in [5.41, 5.74) is 0.721. The van der Waals surface area contributed by atoms with Gasteiger partial charge in [-0.25, -0.2) is 9.78 Å². The number of hydrogen-bond donors (Lipinski definition) is 1. The Morgan fingerprint density at radius 3 is 2.78 bits per heavy atom. The summed E-state index contributed by atoms with van der Waals surface area (Å²) in [5.74, 6) is -1.93. The molecule has 0 atom stereocenters. The molecule has 0 aliphatic carbocycles. The van der Waals surface area contributed by atoms with Gasteiger partial charge < -0.3 is 9.15 Å². The molecule has 10 nitrogen and oxygen atoms in total. The lowest BCUT2D eigenvalue weighted by atomic mass is 10.1. The quantitative estimate of drug-likeness (QED) is 0.266. The van der Waals surface area contributed by atoms with Crippen LogP contribution in [-0.4, -0.2) is 28.4 Å². The summed E-state index contributed by atoms with van der Waals surface area (Å²) in [6.45, 7) is -0.624. The van der Waals surface area contributed by atoms with Crippen LogP contribution < -0.4 is 10.7 Å². The maximum atomic E-state index is 12.2. The van der Waals surface area contributed by atoms with E-state index in [4.69, 9.17) is 9.15 Å². The second-order valence-electron chi connectivity index (χ2n) is 6.44. The van der Waals surface area contributed by atoms with Gasteiger partial charge in [0, 0.05) is 29.1 Å². The van der Waals surface area contributed by atoms with Crippen LogP contribution in [0.15, 0.2) is 69.2 Å². The number of nitrogens with one attached hydrogen (secondary N) is 1. The summed E-state index contributed by atoms with van der Waals surface area (Å²) in [6, 6.07) is 13.4. The summed E-state index contributed by atoms with van der Waals surface area (Å²) < 4.78 is 10.3. The molecule has 1 N–H and O–H groups in total. The maximum absolute atomic E-state index is 12.2. The predicted octanol–water partition coefficient (Wildman–Crippen LogP) is 3.62. The van der Waals surface area contributed by atoms with E-state index >= 15 is 0 Å². The van der Waals surface area contributed by atoms with Crippen molar-refractivity contribution in [2.24, 2.45) is 0 Å². The number of para-hydroxylation sites is 1. The molecule has 0 saturated carbocycles. The van der Waals surface area contributed by atoms with Crippen LogP contribution >= 0.6 is 11.3 Å². The molecular weight excluding hydrogens is 438 g/mol. The fourth-order valence-electron chi connectivity index (χ4n) is 2.80. The monoisotopic (exact) mass is 451 g/mol. The van der Waals surface area contributed by atoms with Crippen LogP contribution in [0.2, 0.25) is 0 Å². The molecule has 0 fully saturated rings. The molecule has 1 amide bonds. The topological polar surface area (TPSA) is 142 Å². The molecule has 160 valence electrons. The molecule has 4 rings (SSSR count). The molecule has 32 heavy (non-hydrogen) atoms. The molecule has 0 aliphatic rings. The molecule has 0 radical (unpaired) electrons. The Balaban J connectivity index is 1.39. The van der Waals surface area contributed by atoms with Crippen LogP contribution in [0.5, 0.6) is 0 Å². The third kappa shape index (κ3) is 4.52. The Morgan fingerprint density at radius 2 is 1.97 bits per heavy atom.